The Morgan fingerprint density at radius 2 is 2.12 bits per heavy atom. The molecule has 10 heteroatoms. The first kappa shape index (κ1) is 17.8. The van der Waals surface area contributed by atoms with Crippen LogP contribution in [0, 0.1) is 0 Å². The number of nitrogens with one attached hydrogen (secondary N) is 1. The van der Waals surface area contributed by atoms with E-state index in [2.05, 4.69) is 10.3 Å². The van der Waals surface area contributed by atoms with Crippen molar-refractivity contribution in [1.29, 1.82) is 0 Å². The van der Waals surface area contributed by atoms with E-state index in [9.17, 15) is 14.4 Å². The van der Waals surface area contributed by atoms with E-state index >= 15 is 0 Å². The summed E-state index contributed by atoms with van der Waals surface area (Å²) >= 11 is 0. The van der Waals surface area contributed by atoms with Gasteiger partial charge in [-0.15, -0.1) is 4.73 Å². The molecule has 1 fully saturated rings. The minimum Gasteiger partial charge on any atom is -0.412 e. The molecule has 1 atom stereocenters. The molecule has 1 aromatic carbocycles. The molecule has 0 saturated carbocycles. The van der Waals surface area contributed by atoms with E-state index in [4.69, 9.17) is 14.3 Å². The highest BCUT2D eigenvalue weighted by molar-refractivity contribution is 6.03. The van der Waals surface area contributed by atoms with Gasteiger partial charge in [-0.25, -0.2) is 14.7 Å². The number of hydrogen-bond acceptors (Lipinski definition) is 7. The largest absolute Gasteiger partial charge is 0.412 e. The molecule has 10 nitrogen and oxygen atoms in total. The van der Waals surface area contributed by atoms with Crippen LogP contribution in [0.5, 0.6) is 0 Å². The van der Waals surface area contributed by atoms with Crippen molar-refractivity contribution in [2.24, 2.45) is 0 Å². The Morgan fingerprint density at radius 1 is 1.35 bits per heavy atom. The molecular formula is C16H18N4O6. The maximum absolute atomic E-state index is 13.0. The Hall–Kier alpha value is -2.98. The van der Waals surface area contributed by atoms with Crippen LogP contribution in [0.1, 0.15) is 10.6 Å². The lowest BCUT2D eigenvalue weighted by molar-refractivity contribution is -0.130. The molecule has 1 saturated heterocycles. The number of aromatic nitrogens is 2. The molecule has 1 aliphatic rings. The van der Waals surface area contributed by atoms with Crippen molar-refractivity contribution >= 4 is 22.8 Å². The topological polar surface area (TPSA) is 112 Å². The van der Waals surface area contributed by atoms with Gasteiger partial charge in [-0.2, -0.15) is 0 Å². The molecule has 26 heavy (non-hydrogen) atoms. The molecule has 3 amide bonds. The van der Waals surface area contributed by atoms with E-state index in [0.717, 1.165) is 9.63 Å². The Kier molecular flexibility index (Phi) is 5.14. The number of carbonyl (C=O) groups is 2. The quantitative estimate of drug-likeness (QED) is 0.791. The molecular weight excluding hydrogens is 344 g/mol. The number of imide groups is 1. The van der Waals surface area contributed by atoms with Crippen LogP contribution in [0.15, 0.2) is 29.1 Å². The number of benzene rings is 1. The normalized spacial score (nSPS) is 16.9. The average Bonchev–Trinajstić information content (AvgIpc) is 2.68. The Balaban J connectivity index is 2.11. The molecule has 3 rings (SSSR count). The lowest BCUT2D eigenvalue weighted by Crippen LogP contribution is -2.54. The van der Waals surface area contributed by atoms with Gasteiger partial charge in [-0.05, 0) is 12.1 Å². The lowest BCUT2D eigenvalue weighted by atomic mass is 10.2. The molecule has 0 aliphatic carbocycles. The van der Waals surface area contributed by atoms with Gasteiger partial charge >= 0.3 is 11.9 Å². The third-order valence-corrected chi connectivity index (χ3v) is 3.85. The molecule has 0 spiro atoms. The number of rotatable bonds is 3. The second-order valence-corrected chi connectivity index (χ2v) is 5.37. The van der Waals surface area contributed by atoms with Crippen molar-refractivity contribution in [2.45, 2.75) is 6.23 Å². The summed E-state index contributed by atoms with van der Waals surface area (Å²) in [6.45, 7) is 0.612. The van der Waals surface area contributed by atoms with Crippen LogP contribution in [-0.2, 0) is 9.47 Å². The minimum atomic E-state index is -0.940. The standard InChI is InChI=1S/C16H18N4O6/c1-17-16(23)19(12-9-25-7-8-26-12)15(22)13-18-11-6-4-3-5-10(11)14(21)20(13)24-2/h3-6,12H,7-9H2,1-2H3,(H,17,23). The molecule has 1 unspecified atom stereocenters. The Labute approximate surface area is 148 Å². The van der Waals surface area contributed by atoms with Gasteiger partial charge in [0.2, 0.25) is 5.82 Å². The van der Waals surface area contributed by atoms with Crippen LogP contribution in [-0.4, -0.2) is 66.8 Å². The van der Waals surface area contributed by atoms with Crippen molar-refractivity contribution < 1.29 is 23.9 Å². The van der Waals surface area contributed by atoms with Crippen LogP contribution < -0.4 is 15.7 Å². The fraction of sp³-hybridized carbons (Fsp3) is 0.375. The van der Waals surface area contributed by atoms with Crippen molar-refractivity contribution in [3.8, 4) is 0 Å². The van der Waals surface area contributed by atoms with E-state index in [-0.39, 0.29) is 24.4 Å². The minimum absolute atomic E-state index is 0.0178. The highest BCUT2D eigenvalue weighted by Gasteiger charge is 2.35. The summed E-state index contributed by atoms with van der Waals surface area (Å²) in [5, 5.41) is 2.66. The first-order valence-electron chi connectivity index (χ1n) is 7.89. The van der Waals surface area contributed by atoms with Crippen molar-refractivity contribution in [3.63, 3.8) is 0 Å². The molecule has 2 aromatic rings. The van der Waals surface area contributed by atoms with Crippen LogP contribution in [0.2, 0.25) is 0 Å². The second kappa shape index (κ2) is 7.50. The van der Waals surface area contributed by atoms with Gasteiger partial charge in [0.1, 0.15) is 7.11 Å². The van der Waals surface area contributed by atoms with E-state index in [1.807, 2.05) is 0 Å². The number of amides is 3. The van der Waals surface area contributed by atoms with Crippen LogP contribution in [0.3, 0.4) is 0 Å². The van der Waals surface area contributed by atoms with Gasteiger partial charge in [0, 0.05) is 7.05 Å². The number of hydrogen-bond donors (Lipinski definition) is 1. The summed E-state index contributed by atoms with van der Waals surface area (Å²) in [6, 6.07) is 5.82. The van der Waals surface area contributed by atoms with E-state index in [0.29, 0.717) is 12.1 Å². The molecule has 138 valence electrons. The number of fused-ring (bicyclic) bond motifs is 1. The number of para-hydroxylation sites is 1. The van der Waals surface area contributed by atoms with Gasteiger partial charge < -0.3 is 19.6 Å². The number of nitrogens with zero attached hydrogens (tertiary/aromatic N) is 3. The fourth-order valence-electron chi connectivity index (χ4n) is 2.63. The van der Waals surface area contributed by atoms with Crippen molar-refractivity contribution in [3.05, 3.63) is 40.4 Å². The second-order valence-electron chi connectivity index (χ2n) is 5.37. The Morgan fingerprint density at radius 3 is 2.77 bits per heavy atom. The number of carbonyl (C=O) groups excluding carboxylic acids is 2. The zero-order chi connectivity index (χ0) is 18.7. The monoisotopic (exact) mass is 362 g/mol. The molecule has 1 aliphatic heterocycles. The number of ether oxygens (including phenoxy) is 2. The summed E-state index contributed by atoms with van der Waals surface area (Å²) in [7, 11) is 2.61. The zero-order valence-corrected chi connectivity index (χ0v) is 14.3. The summed E-state index contributed by atoms with van der Waals surface area (Å²) < 4.78 is 11.5. The summed E-state index contributed by atoms with van der Waals surface area (Å²) in [5.74, 6) is -1.18. The van der Waals surface area contributed by atoms with E-state index in [1.54, 1.807) is 24.3 Å². The Bertz CT molecular complexity index is 890. The number of urea groups is 1. The summed E-state index contributed by atoms with van der Waals surface area (Å²) in [5.41, 5.74) is -0.245. The smallest absolute Gasteiger partial charge is 0.326 e. The highest BCUT2D eigenvalue weighted by Crippen LogP contribution is 2.14. The first-order chi connectivity index (χ1) is 12.6. The predicted molar refractivity (Wildman–Crippen MR) is 89.7 cm³/mol. The van der Waals surface area contributed by atoms with Crippen LogP contribution in [0.25, 0.3) is 10.9 Å². The summed E-state index contributed by atoms with van der Waals surface area (Å²) in [4.78, 5) is 48.0. The SMILES string of the molecule is CNC(=O)N(C(=O)c1nc2ccccc2c(=O)n1OC)C1COCCO1. The molecule has 0 bridgehead atoms. The van der Waals surface area contributed by atoms with Gasteiger partial charge in [0.05, 0.1) is 30.7 Å². The fourth-order valence-corrected chi connectivity index (χ4v) is 2.63. The maximum atomic E-state index is 13.0. The maximum Gasteiger partial charge on any atom is 0.326 e. The van der Waals surface area contributed by atoms with E-state index < -0.39 is 23.7 Å². The molecule has 1 aromatic heterocycles. The van der Waals surface area contributed by atoms with Crippen LogP contribution >= 0.6 is 0 Å². The molecule has 0 radical (unpaired) electrons. The third-order valence-electron chi connectivity index (χ3n) is 3.85. The van der Waals surface area contributed by atoms with E-state index in [1.165, 1.54) is 14.2 Å². The molecule has 2 heterocycles. The van der Waals surface area contributed by atoms with Gasteiger partial charge in [-0.3, -0.25) is 9.59 Å². The van der Waals surface area contributed by atoms with Crippen LogP contribution in [0.4, 0.5) is 4.79 Å². The predicted octanol–water partition coefficient (Wildman–Crippen LogP) is -0.391. The van der Waals surface area contributed by atoms with Crippen molar-refractivity contribution in [2.75, 3.05) is 34.0 Å². The van der Waals surface area contributed by atoms with Gasteiger partial charge in [0.15, 0.2) is 6.23 Å². The summed E-state index contributed by atoms with van der Waals surface area (Å²) in [6.07, 6.45) is -0.940. The van der Waals surface area contributed by atoms with Crippen molar-refractivity contribution in [1.82, 2.24) is 19.9 Å². The first-order valence-corrected chi connectivity index (χ1v) is 7.89. The van der Waals surface area contributed by atoms with Gasteiger partial charge in [0.25, 0.3) is 5.56 Å². The molecule has 1 N–H and O–H groups in total. The average molecular weight is 362 g/mol. The lowest BCUT2D eigenvalue weighted by Gasteiger charge is -2.32. The zero-order valence-electron chi connectivity index (χ0n) is 14.3. The van der Waals surface area contributed by atoms with Gasteiger partial charge in [-0.1, -0.05) is 12.1 Å². The third kappa shape index (κ3) is 3.11. The highest BCUT2D eigenvalue weighted by atomic mass is 16.7.